The fraction of sp³-hybridized carbons (Fsp3) is 0.391. The highest BCUT2D eigenvalue weighted by molar-refractivity contribution is 7.89. The largest absolute Gasteiger partial charge is 0.481 e. The smallest absolute Gasteiger partial charge is 0.303 e. The Morgan fingerprint density at radius 2 is 1.11 bits per heavy atom. The topological polar surface area (TPSA) is 149 Å². The molecule has 0 radical (unpaired) electrons. The number of carboxylic acid groups (broad SMARTS) is 2. The van der Waals surface area contributed by atoms with E-state index in [0.717, 1.165) is 30.9 Å². The molecule has 35 heavy (non-hydrogen) atoms. The summed E-state index contributed by atoms with van der Waals surface area (Å²) in [5, 5.41) is 17.5. The highest BCUT2D eigenvalue weighted by Gasteiger charge is 2.27. The summed E-state index contributed by atoms with van der Waals surface area (Å²) in [6.45, 7) is 0.153. The molecular formula is C23H28N2O8S2. The molecule has 1 aliphatic carbocycles. The number of aliphatic carboxylic acids is 2. The third-order valence-electron chi connectivity index (χ3n) is 5.97. The van der Waals surface area contributed by atoms with E-state index in [1.165, 1.54) is 26.2 Å². The molecule has 0 bridgehead atoms. The third kappa shape index (κ3) is 5.89. The minimum Gasteiger partial charge on any atom is -0.481 e. The first-order valence-electron chi connectivity index (χ1n) is 11.0. The van der Waals surface area contributed by atoms with Crippen molar-refractivity contribution < 1.29 is 36.6 Å². The van der Waals surface area contributed by atoms with Gasteiger partial charge in [0.1, 0.15) is 0 Å². The molecule has 190 valence electrons. The van der Waals surface area contributed by atoms with Gasteiger partial charge < -0.3 is 10.2 Å². The number of rotatable bonds is 12. The van der Waals surface area contributed by atoms with Gasteiger partial charge in [0, 0.05) is 40.0 Å². The molecule has 0 saturated heterocycles. The molecule has 0 atom stereocenters. The van der Waals surface area contributed by atoms with Crippen LogP contribution >= 0.6 is 0 Å². The maximum atomic E-state index is 12.9. The molecule has 0 fully saturated rings. The van der Waals surface area contributed by atoms with Crippen molar-refractivity contribution in [3.05, 3.63) is 47.5 Å². The Labute approximate surface area is 204 Å². The van der Waals surface area contributed by atoms with Crippen LogP contribution in [0.5, 0.6) is 0 Å². The second-order valence-electron chi connectivity index (χ2n) is 8.46. The van der Waals surface area contributed by atoms with Crippen LogP contribution in [0.3, 0.4) is 0 Å². The van der Waals surface area contributed by atoms with Gasteiger partial charge in [0.15, 0.2) is 0 Å². The SMILES string of the molecule is CN(CCCC(=O)O)S(=O)(=O)c1ccc2c(c1)Cc1cc(S(=O)(=O)N(C)CCCC(=O)O)ccc1-2. The Bertz CT molecular complexity index is 1250. The lowest BCUT2D eigenvalue weighted by Gasteiger charge is -2.17. The van der Waals surface area contributed by atoms with Gasteiger partial charge >= 0.3 is 11.9 Å². The number of fused-ring (bicyclic) bond motifs is 3. The molecule has 2 N–H and O–H groups in total. The average Bonchev–Trinajstić information content (AvgIpc) is 3.15. The predicted molar refractivity (Wildman–Crippen MR) is 128 cm³/mol. The minimum atomic E-state index is -3.81. The monoisotopic (exact) mass is 524 g/mol. The molecule has 1 aliphatic rings. The predicted octanol–water partition coefficient (Wildman–Crippen LogP) is 2.23. The van der Waals surface area contributed by atoms with Gasteiger partial charge in [-0.15, -0.1) is 0 Å². The molecule has 2 aromatic carbocycles. The minimum absolute atomic E-state index is 0.0765. The normalized spacial score (nSPS) is 13.1. The Hall–Kier alpha value is -2.80. The molecule has 10 nitrogen and oxygen atoms in total. The van der Waals surface area contributed by atoms with Crippen LogP contribution in [0.1, 0.15) is 36.8 Å². The van der Waals surface area contributed by atoms with Crippen molar-refractivity contribution in [3.8, 4) is 11.1 Å². The molecule has 0 unspecified atom stereocenters. The summed E-state index contributed by atoms with van der Waals surface area (Å²) in [5.74, 6) is -1.97. The molecule has 0 amide bonds. The molecule has 0 aliphatic heterocycles. The van der Waals surface area contributed by atoms with Crippen molar-refractivity contribution in [1.29, 1.82) is 0 Å². The van der Waals surface area contributed by atoms with Crippen LogP contribution in [0, 0.1) is 0 Å². The molecular weight excluding hydrogens is 496 g/mol. The number of benzene rings is 2. The molecule has 0 heterocycles. The fourth-order valence-electron chi connectivity index (χ4n) is 3.99. The Balaban J connectivity index is 1.80. The van der Waals surface area contributed by atoms with Crippen LogP contribution in [-0.4, -0.2) is 74.8 Å². The van der Waals surface area contributed by atoms with E-state index in [9.17, 15) is 26.4 Å². The zero-order valence-electron chi connectivity index (χ0n) is 19.5. The highest BCUT2D eigenvalue weighted by atomic mass is 32.2. The van der Waals surface area contributed by atoms with Crippen LogP contribution in [0.2, 0.25) is 0 Å². The number of hydrogen-bond donors (Lipinski definition) is 2. The van der Waals surface area contributed by atoms with Gasteiger partial charge in [0.2, 0.25) is 20.0 Å². The molecule has 2 aromatic rings. The summed E-state index contributed by atoms with van der Waals surface area (Å²) >= 11 is 0. The number of sulfonamides is 2. The van der Waals surface area contributed by atoms with E-state index in [0.29, 0.717) is 6.42 Å². The van der Waals surface area contributed by atoms with E-state index in [4.69, 9.17) is 10.2 Å². The molecule has 3 rings (SSSR count). The van der Waals surface area contributed by atoms with Gasteiger partial charge in [-0.1, -0.05) is 12.1 Å². The van der Waals surface area contributed by atoms with Crippen molar-refractivity contribution in [3.63, 3.8) is 0 Å². The lowest BCUT2D eigenvalue weighted by molar-refractivity contribution is -0.138. The maximum Gasteiger partial charge on any atom is 0.303 e. The van der Waals surface area contributed by atoms with E-state index in [-0.39, 0.29) is 48.6 Å². The lowest BCUT2D eigenvalue weighted by atomic mass is 10.1. The van der Waals surface area contributed by atoms with Crippen molar-refractivity contribution in [1.82, 2.24) is 8.61 Å². The number of nitrogens with zero attached hydrogens (tertiary/aromatic N) is 2. The van der Waals surface area contributed by atoms with Crippen LogP contribution in [0.25, 0.3) is 11.1 Å². The van der Waals surface area contributed by atoms with Gasteiger partial charge in [-0.05, 0) is 65.8 Å². The van der Waals surface area contributed by atoms with Gasteiger partial charge in [-0.3, -0.25) is 9.59 Å². The van der Waals surface area contributed by atoms with Crippen molar-refractivity contribution in [2.24, 2.45) is 0 Å². The van der Waals surface area contributed by atoms with Crippen LogP contribution in [0.15, 0.2) is 46.2 Å². The number of hydrogen-bond acceptors (Lipinski definition) is 6. The fourth-order valence-corrected chi connectivity index (χ4v) is 6.51. The van der Waals surface area contributed by atoms with Crippen LogP contribution in [0.4, 0.5) is 0 Å². The van der Waals surface area contributed by atoms with E-state index in [1.807, 2.05) is 0 Å². The molecule has 0 saturated carbocycles. The first kappa shape index (κ1) is 26.8. The van der Waals surface area contributed by atoms with E-state index >= 15 is 0 Å². The highest BCUT2D eigenvalue weighted by Crippen LogP contribution is 2.39. The van der Waals surface area contributed by atoms with Crippen molar-refractivity contribution in [2.45, 2.75) is 41.9 Å². The second kappa shape index (κ2) is 10.4. The van der Waals surface area contributed by atoms with Gasteiger partial charge in [-0.2, -0.15) is 0 Å². The van der Waals surface area contributed by atoms with Crippen LogP contribution in [-0.2, 0) is 36.1 Å². The first-order valence-corrected chi connectivity index (χ1v) is 13.8. The summed E-state index contributed by atoms with van der Waals surface area (Å²) < 4.78 is 54.0. The second-order valence-corrected chi connectivity index (χ2v) is 12.6. The van der Waals surface area contributed by atoms with Gasteiger partial charge in [-0.25, -0.2) is 25.4 Å². The summed E-state index contributed by atoms with van der Waals surface area (Å²) in [4.78, 5) is 21.6. The van der Waals surface area contributed by atoms with Gasteiger partial charge in [0.25, 0.3) is 0 Å². The number of carbonyl (C=O) groups is 2. The zero-order chi connectivity index (χ0) is 26.0. The lowest BCUT2D eigenvalue weighted by Crippen LogP contribution is -2.28. The molecule has 12 heteroatoms. The van der Waals surface area contributed by atoms with E-state index in [1.54, 1.807) is 24.3 Å². The Kier molecular flexibility index (Phi) is 8.00. The first-order chi connectivity index (χ1) is 16.3. The summed E-state index contributed by atoms with van der Waals surface area (Å²) in [7, 11) is -4.80. The van der Waals surface area contributed by atoms with E-state index in [2.05, 4.69) is 0 Å². The average molecular weight is 525 g/mol. The van der Waals surface area contributed by atoms with Crippen molar-refractivity contribution in [2.75, 3.05) is 27.2 Å². The summed E-state index contributed by atoms with van der Waals surface area (Å²) in [5.41, 5.74) is 3.16. The zero-order valence-corrected chi connectivity index (χ0v) is 21.1. The van der Waals surface area contributed by atoms with Gasteiger partial charge in [0.05, 0.1) is 9.79 Å². The molecule has 0 spiro atoms. The quantitative estimate of drug-likeness (QED) is 0.366. The Morgan fingerprint density at radius 3 is 1.46 bits per heavy atom. The standard InChI is InChI=1S/C23H28N2O8S2/c1-24(11-3-5-22(26)27)34(30,31)18-7-9-20-16(14-18)13-17-15-19(8-10-21(17)20)35(32,33)25(2)12-4-6-23(28)29/h7-10,14-15H,3-6,11-13H2,1-2H3,(H,26,27)(H,28,29). The summed E-state index contributed by atoms with van der Waals surface area (Å²) in [6, 6.07) is 9.54. The van der Waals surface area contributed by atoms with E-state index < -0.39 is 32.0 Å². The third-order valence-corrected chi connectivity index (χ3v) is 9.67. The molecule has 0 aromatic heterocycles. The Morgan fingerprint density at radius 1 is 0.743 bits per heavy atom. The number of carboxylic acids is 2. The van der Waals surface area contributed by atoms with Crippen molar-refractivity contribution >= 4 is 32.0 Å². The summed E-state index contributed by atoms with van der Waals surface area (Å²) in [6.07, 6.45) is 0.508. The maximum absolute atomic E-state index is 12.9. The van der Waals surface area contributed by atoms with Crippen LogP contribution < -0.4 is 0 Å².